The van der Waals surface area contributed by atoms with E-state index in [2.05, 4.69) is 19.2 Å². The number of nitrogens with one attached hydrogen (secondary N) is 1. The summed E-state index contributed by atoms with van der Waals surface area (Å²) in [6.07, 6.45) is 2.53. The van der Waals surface area contributed by atoms with Crippen molar-refractivity contribution in [3.05, 3.63) is 71.4 Å². The first-order valence-corrected chi connectivity index (χ1v) is 10.4. The molecule has 1 aliphatic rings. The smallest absolute Gasteiger partial charge is 0.309 e. The molecule has 2 amide bonds. The van der Waals surface area contributed by atoms with Crippen LogP contribution in [0.3, 0.4) is 0 Å². The van der Waals surface area contributed by atoms with E-state index in [0.29, 0.717) is 11.6 Å². The molecule has 0 radical (unpaired) electrons. The molecule has 0 unspecified atom stereocenters. The first-order valence-electron chi connectivity index (χ1n) is 10.4. The summed E-state index contributed by atoms with van der Waals surface area (Å²) in [6.45, 7) is 7.19. The molecule has 2 aromatic rings. The van der Waals surface area contributed by atoms with Crippen LogP contribution in [0.5, 0.6) is 0 Å². The molecule has 3 rings (SSSR count). The predicted molar refractivity (Wildman–Crippen MR) is 120 cm³/mol. The number of carbonyl (C=O) groups is 3. The van der Waals surface area contributed by atoms with Crippen LogP contribution in [0.1, 0.15) is 62.8 Å². The SMILES string of the molecule is CC(=O)N1C=Cc2ccccc2[C@@H]1CC(=O)O[C@H](C)C(=O)Nc1ccc(C(C)C)cc1. The zero-order valence-electron chi connectivity index (χ0n) is 18.3. The van der Waals surface area contributed by atoms with Gasteiger partial charge in [0.15, 0.2) is 6.10 Å². The second-order valence-electron chi connectivity index (χ2n) is 7.99. The summed E-state index contributed by atoms with van der Waals surface area (Å²) < 4.78 is 5.38. The zero-order chi connectivity index (χ0) is 22.5. The molecule has 2 atom stereocenters. The Morgan fingerprint density at radius 2 is 1.71 bits per heavy atom. The van der Waals surface area contributed by atoms with Crippen molar-refractivity contribution in [2.24, 2.45) is 0 Å². The number of anilines is 1. The summed E-state index contributed by atoms with van der Waals surface area (Å²) >= 11 is 0. The normalized spacial score (nSPS) is 15.9. The Morgan fingerprint density at radius 1 is 1.03 bits per heavy atom. The molecular weight excluding hydrogens is 392 g/mol. The van der Waals surface area contributed by atoms with Crippen molar-refractivity contribution in [3.63, 3.8) is 0 Å². The Morgan fingerprint density at radius 3 is 2.35 bits per heavy atom. The van der Waals surface area contributed by atoms with Gasteiger partial charge in [-0.15, -0.1) is 0 Å². The molecule has 6 nitrogen and oxygen atoms in total. The van der Waals surface area contributed by atoms with Gasteiger partial charge in [0.05, 0.1) is 12.5 Å². The highest BCUT2D eigenvalue weighted by Gasteiger charge is 2.30. The molecule has 2 aromatic carbocycles. The predicted octanol–water partition coefficient (Wildman–Crippen LogP) is 4.64. The lowest BCUT2D eigenvalue weighted by Crippen LogP contribution is -2.35. The quantitative estimate of drug-likeness (QED) is 0.691. The van der Waals surface area contributed by atoms with Crippen molar-refractivity contribution < 1.29 is 19.1 Å². The topological polar surface area (TPSA) is 75.7 Å². The van der Waals surface area contributed by atoms with Gasteiger partial charge in [0.25, 0.3) is 5.91 Å². The molecule has 6 heteroatoms. The molecule has 0 saturated carbocycles. The number of benzene rings is 2. The van der Waals surface area contributed by atoms with Crippen LogP contribution in [0.25, 0.3) is 6.08 Å². The Balaban J connectivity index is 1.63. The first kappa shape index (κ1) is 22.3. The average molecular weight is 421 g/mol. The lowest BCUT2D eigenvalue weighted by molar-refractivity contribution is -0.154. The van der Waals surface area contributed by atoms with Crippen LogP contribution in [0.15, 0.2) is 54.7 Å². The van der Waals surface area contributed by atoms with E-state index in [1.54, 1.807) is 6.20 Å². The van der Waals surface area contributed by atoms with E-state index in [9.17, 15) is 14.4 Å². The zero-order valence-corrected chi connectivity index (χ0v) is 18.3. The molecule has 162 valence electrons. The van der Waals surface area contributed by atoms with Gasteiger partial charge in [-0.05, 0) is 47.7 Å². The van der Waals surface area contributed by atoms with Crippen molar-refractivity contribution in [2.75, 3.05) is 5.32 Å². The third-order valence-electron chi connectivity index (χ3n) is 5.35. The molecule has 1 aliphatic heterocycles. The van der Waals surface area contributed by atoms with Gasteiger partial charge >= 0.3 is 5.97 Å². The molecule has 0 aromatic heterocycles. The van der Waals surface area contributed by atoms with Gasteiger partial charge in [-0.3, -0.25) is 14.4 Å². The number of esters is 1. The van der Waals surface area contributed by atoms with E-state index < -0.39 is 24.0 Å². The molecular formula is C25H28N2O4. The van der Waals surface area contributed by atoms with Gasteiger partial charge in [0.1, 0.15) is 0 Å². The van der Waals surface area contributed by atoms with E-state index in [-0.39, 0.29) is 12.3 Å². The maximum Gasteiger partial charge on any atom is 0.309 e. The Bertz CT molecular complexity index is 995. The Labute approximate surface area is 182 Å². The number of ether oxygens (including phenoxy) is 1. The van der Waals surface area contributed by atoms with E-state index >= 15 is 0 Å². The fraction of sp³-hybridized carbons (Fsp3) is 0.320. The lowest BCUT2D eigenvalue weighted by Gasteiger charge is -2.32. The third-order valence-corrected chi connectivity index (χ3v) is 5.35. The van der Waals surface area contributed by atoms with Crippen LogP contribution < -0.4 is 5.32 Å². The van der Waals surface area contributed by atoms with Gasteiger partial charge in [-0.25, -0.2) is 0 Å². The molecule has 0 fully saturated rings. The number of fused-ring (bicyclic) bond motifs is 1. The highest BCUT2D eigenvalue weighted by molar-refractivity contribution is 5.95. The highest BCUT2D eigenvalue weighted by atomic mass is 16.5. The fourth-order valence-electron chi connectivity index (χ4n) is 3.57. The third kappa shape index (κ3) is 5.40. The van der Waals surface area contributed by atoms with E-state index in [1.807, 2.05) is 54.6 Å². The number of carbonyl (C=O) groups excluding carboxylic acids is 3. The molecule has 31 heavy (non-hydrogen) atoms. The first-order chi connectivity index (χ1) is 14.8. The summed E-state index contributed by atoms with van der Waals surface area (Å²) in [4.78, 5) is 38.7. The standard InChI is InChI=1S/C25H28N2O4/c1-16(2)19-9-11-21(12-10-19)26-25(30)17(3)31-24(29)15-23-22-8-6-5-7-20(22)13-14-27(23)18(4)28/h5-14,16-17,23H,15H2,1-4H3,(H,26,30)/t17-,23+/m1/s1. The molecule has 0 spiro atoms. The monoisotopic (exact) mass is 420 g/mol. The minimum atomic E-state index is -0.961. The molecule has 0 aliphatic carbocycles. The number of hydrogen-bond donors (Lipinski definition) is 1. The lowest BCUT2D eigenvalue weighted by atomic mass is 9.94. The molecule has 0 saturated heterocycles. The maximum absolute atomic E-state index is 12.6. The molecule has 1 N–H and O–H groups in total. The van der Waals surface area contributed by atoms with Crippen molar-refractivity contribution in [2.45, 2.75) is 52.2 Å². The molecule has 0 bridgehead atoms. The number of rotatable bonds is 6. The van der Waals surface area contributed by atoms with Crippen LogP contribution in [-0.2, 0) is 19.1 Å². The average Bonchev–Trinajstić information content (AvgIpc) is 2.74. The Hall–Kier alpha value is -3.41. The van der Waals surface area contributed by atoms with Crippen molar-refractivity contribution in [3.8, 4) is 0 Å². The second kappa shape index (κ2) is 9.60. The van der Waals surface area contributed by atoms with Gasteiger partial charge in [0, 0.05) is 18.8 Å². The van der Waals surface area contributed by atoms with Gasteiger partial charge in [0.2, 0.25) is 5.91 Å². The minimum absolute atomic E-state index is 0.0400. The van der Waals surface area contributed by atoms with Gasteiger partial charge < -0.3 is 15.0 Å². The van der Waals surface area contributed by atoms with Gasteiger partial charge in [-0.2, -0.15) is 0 Å². The van der Waals surface area contributed by atoms with E-state index in [1.165, 1.54) is 24.3 Å². The minimum Gasteiger partial charge on any atom is -0.452 e. The van der Waals surface area contributed by atoms with Crippen molar-refractivity contribution >= 4 is 29.5 Å². The maximum atomic E-state index is 12.6. The summed E-state index contributed by atoms with van der Waals surface area (Å²) in [7, 11) is 0. The van der Waals surface area contributed by atoms with Crippen LogP contribution in [0.4, 0.5) is 5.69 Å². The van der Waals surface area contributed by atoms with Crippen molar-refractivity contribution in [1.29, 1.82) is 0 Å². The van der Waals surface area contributed by atoms with Crippen LogP contribution >= 0.6 is 0 Å². The van der Waals surface area contributed by atoms with Crippen LogP contribution in [-0.4, -0.2) is 28.8 Å². The van der Waals surface area contributed by atoms with Gasteiger partial charge in [-0.1, -0.05) is 50.2 Å². The number of amides is 2. The Kier molecular flexibility index (Phi) is 6.90. The van der Waals surface area contributed by atoms with Crippen LogP contribution in [0.2, 0.25) is 0 Å². The van der Waals surface area contributed by atoms with Crippen LogP contribution in [0, 0.1) is 0 Å². The van der Waals surface area contributed by atoms with Crippen molar-refractivity contribution in [1.82, 2.24) is 4.90 Å². The summed E-state index contributed by atoms with van der Waals surface area (Å²) in [5.74, 6) is -0.713. The highest BCUT2D eigenvalue weighted by Crippen LogP contribution is 2.33. The van der Waals surface area contributed by atoms with E-state index in [0.717, 1.165) is 11.1 Å². The summed E-state index contributed by atoms with van der Waals surface area (Å²) in [5, 5.41) is 2.77. The molecule has 1 heterocycles. The second-order valence-corrected chi connectivity index (χ2v) is 7.99. The van der Waals surface area contributed by atoms with E-state index in [4.69, 9.17) is 4.74 Å². The largest absolute Gasteiger partial charge is 0.452 e. The summed E-state index contributed by atoms with van der Waals surface area (Å²) in [5.41, 5.74) is 3.65. The fourth-order valence-corrected chi connectivity index (χ4v) is 3.57. The number of nitrogens with zero attached hydrogens (tertiary/aromatic N) is 1. The summed E-state index contributed by atoms with van der Waals surface area (Å²) in [6, 6.07) is 14.7. The number of hydrogen-bond acceptors (Lipinski definition) is 4.